The van der Waals surface area contributed by atoms with E-state index in [2.05, 4.69) is 35.8 Å². The van der Waals surface area contributed by atoms with E-state index in [0.29, 0.717) is 5.15 Å². The average Bonchev–Trinajstić information content (AvgIpc) is 2.77. The van der Waals surface area contributed by atoms with E-state index in [4.69, 9.17) is 11.6 Å². The van der Waals surface area contributed by atoms with Crippen molar-refractivity contribution in [1.29, 1.82) is 0 Å². The fourth-order valence-electron chi connectivity index (χ4n) is 1.54. The van der Waals surface area contributed by atoms with Crippen LogP contribution in [-0.2, 0) is 18.4 Å². The standard InChI is InChI=1S/C13H17ClN4/c1-13(2,3)12-16-9-18(17-12)7-6-10-4-5-11(14)15-8-10/h4-5,8-9H,6-7H2,1-3H3. The fraction of sp³-hybridized carbons (Fsp3) is 0.462. The van der Waals surface area contributed by atoms with Crippen LogP contribution in [0.2, 0.25) is 5.15 Å². The molecule has 0 aliphatic carbocycles. The lowest BCUT2D eigenvalue weighted by Crippen LogP contribution is -2.14. The Hall–Kier alpha value is -1.42. The predicted molar refractivity (Wildman–Crippen MR) is 71.7 cm³/mol. The minimum Gasteiger partial charge on any atom is -0.252 e. The van der Waals surface area contributed by atoms with E-state index in [-0.39, 0.29) is 5.41 Å². The molecule has 0 bridgehead atoms. The molecule has 0 aliphatic heterocycles. The van der Waals surface area contributed by atoms with Gasteiger partial charge in [-0.1, -0.05) is 38.4 Å². The van der Waals surface area contributed by atoms with Gasteiger partial charge in [-0.05, 0) is 18.1 Å². The Morgan fingerprint density at radius 1 is 1.22 bits per heavy atom. The summed E-state index contributed by atoms with van der Waals surface area (Å²) in [6.07, 6.45) is 4.45. The second-order valence-electron chi connectivity index (χ2n) is 5.32. The average molecular weight is 265 g/mol. The van der Waals surface area contributed by atoms with Gasteiger partial charge in [0.2, 0.25) is 0 Å². The van der Waals surface area contributed by atoms with Crippen LogP contribution in [0.5, 0.6) is 0 Å². The lowest BCUT2D eigenvalue weighted by molar-refractivity contribution is 0.523. The topological polar surface area (TPSA) is 43.6 Å². The van der Waals surface area contributed by atoms with Crippen LogP contribution >= 0.6 is 11.6 Å². The fourth-order valence-corrected chi connectivity index (χ4v) is 1.66. The lowest BCUT2D eigenvalue weighted by atomic mass is 9.96. The molecule has 0 unspecified atom stereocenters. The van der Waals surface area contributed by atoms with E-state index < -0.39 is 0 Å². The van der Waals surface area contributed by atoms with E-state index >= 15 is 0 Å². The summed E-state index contributed by atoms with van der Waals surface area (Å²) in [4.78, 5) is 8.38. The first-order valence-corrected chi connectivity index (χ1v) is 6.33. The number of aryl methyl sites for hydroxylation is 2. The molecule has 2 rings (SSSR count). The van der Waals surface area contributed by atoms with Crippen molar-refractivity contribution in [2.45, 2.75) is 39.2 Å². The number of hydrogen-bond acceptors (Lipinski definition) is 3. The maximum absolute atomic E-state index is 5.74. The zero-order valence-electron chi connectivity index (χ0n) is 10.9. The highest BCUT2D eigenvalue weighted by molar-refractivity contribution is 6.29. The second kappa shape index (κ2) is 5.06. The minimum atomic E-state index is -0.00687. The van der Waals surface area contributed by atoms with Crippen LogP contribution in [0.15, 0.2) is 24.7 Å². The molecule has 0 N–H and O–H groups in total. The van der Waals surface area contributed by atoms with Gasteiger partial charge in [0, 0.05) is 18.2 Å². The van der Waals surface area contributed by atoms with Gasteiger partial charge in [-0.3, -0.25) is 4.68 Å². The maximum Gasteiger partial charge on any atom is 0.155 e. The van der Waals surface area contributed by atoms with Crippen molar-refractivity contribution >= 4 is 11.6 Å². The maximum atomic E-state index is 5.74. The van der Waals surface area contributed by atoms with E-state index in [1.807, 2.05) is 10.7 Å². The van der Waals surface area contributed by atoms with E-state index in [9.17, 15) is 0 Å². The summed E-state index contributed by atoms with van der Waals surface area (Å²) in [5, 5.41) is 5.00. The van der Waals surface area contributed by atoms with Crippen molar-refractivity contribution in [2.75, 3.05) is 0 Å². The highest BCUT2D eigenvalue weighted by Crippen LogP contribution is 2.17. The Morgan fingerprint density at radius 3 is 2.56 bits per heavy atom. The monoisotopic (exact) mass is 264 g/mol. The van der Waals surface area contributed by atoms with Crippen LogP contribution in [0.4, 0.5) is 0 Å². The van der Waals surface area contributed by atoms with Crippen LogP contribution < -0.4 is 0 Å². The van der Waals surface area contributed by atoms with Gasteiger partial charge in [-0.15, -0.1) is 0 Å². The number of aromatic nitrogens is 4. The zero-order chi connectivity index (χ0) is 13.2. The van der Waals surface area contributed by atoms with Gasteiger partial charge < -0.3 is 0 Å². The Morgan fingerprint density at radius 2 is 2.00 bits per heavy atom. The Kier molecular flexibility index (Phi) is 3.66. The van der Waals surface area contributed by atoms with Gasteiger partial charge >= 0.3 is 0 Å². The molecule has 5 heteroatoms. The van der Waals surface area contributed by atoms with Crippen molar-refractivity contribution in [3.63, 3.8) is 0 Å². The second-order valence-corrected chi connectivity index (χ2v) is 5.71. The molecule has 2 aromatic heterocycles. The molecule has 96 valence electrons. The molecule has 2 aromatic rings. The van der Waals surface area contributed by atoms with Crippen LogP contribution in [0, 0.1) is 0 Å². The molecule has 0 atom stereocenters. The third-order valence-electron chi connectivity index (χ3n) is 2.63. The first-order valence-electron chi connectivity index (χ1n) is 5.95. The highest BCUT2D eigenvalue weighted by Gasteiger charge is 2.18. The first kappa shape index (κ1) is 13.0. The smallest absolute Gasteiger partial charge is 0.155 e. The molecule has 0 aliphatic rings. The van der Waals surface area contributed by atoms with Crippen molar-refractivity contribution < 1.29 is 0 Å². The van der Waals surface area contributed by atoms with Gasteiger partial charge in [-0.2, -0.15) is 5.10 Å². The van der Waals surface area contributed by atoms with Gasteiger partial charge in [0.25, 0.3) is 0 Å². The minimum absolute atomic E-state index is 0.00687. The zero-order valence-corrected chi connectivity index (χ0v) is 11.6. The van der Waals surface area contributed by atoms with Gasteiger partial charge in [0.15, 0.2) is 5.82 Å². The van der Waals surface area contributed by atoms with Crippen LogP contribution in [-0.4, -0.2) is 19.7 Å². The highest BCUT2D eigenvalue weighted by atomic mass is 35.5. The van der Waals surface area contributed by atoms with Crippen molar-refractivity contribution in [2.24, 2.45) is 0 Å². The number of pyridine rings is 1. The molecule has 4 nitrogen and oxygen atoms in total. The predicted octanol–water partition coefficient (Wildman–Crippen LogP) is 2.87. The summed E-state index contributed by atoms with van der Waals surface area (Å²) in [5.41, 5.74) is 1.14. The molecule has 18 heavy (non-hydrogen) atoms. The Labute approximate surface area is 112 Å². The summed E-state index contributed by atoms with van der Waals surface area (Å²) in [6, 6.07) is 3.79. The summed E-state index contributed by atoms with van der Waals surface area (Å²) in [7, 11) is 0. The number of halogens is 1. The molecule has 0 aromatic carbocycles. The van der Waals surface area contributed by atoms with Gasteiger partial charge in [-0.25, -0.2) is 9.97 Å². The molecule has 0 spiro atoms. The molecule has 0 radical (unpaired) electrons. The van der Waals surface area contributed by atoms with Crippen molar-refractivity contribution in [3.8, 4) is 0 Å². The number of hydrogen-bond donors (Lipinski definition) is 0. The first-order chi connectivity index (χ1) is 8.45. The molecule has 0 amide bonds. The van der Waals surface area contributed by atoms with E-state index in [1.165, 1.54) is 0 Å². The molecular formula is C13H17ClN4. The quantitative estimate of drug-likeness (QED) is 0.801. The third kappa shape index (κ3) is 3.29. The van der Waals surface area contributed by atoms with Crippen LogP contribution in [0.25, 0.3) is 0 Å². The Balaban J connectivity index is 1.98. The van der Waals surface area contributed by atoms with Crippen LogP contribution in [0.1, 0.15) is 32.2 Å². The normalized spacial score (nSPS) is 11.8. The van der Waals surface area contributed by atoms with Crippen molar-refractivity contribution in [1.82, 2.24) is 19.7 Å². The Bertz CT molecular complexity index is 511. The number of rotatable bonds is 3. The van der Waals surface area contributed by atoms with Crippen molar-refractivity contribution in [3.05, 3.63) is 41.2 Å². The molecule has 0 fully saturated rings. The number of nitrogens with zero attached hydrogens (tertiary/aromatic N) is 4. The lowest BCUT2D eigenvalue weighted by Gasteiger charge is -2.12. The summed E-state index contributed by atoms with van der Waals surface area (Å²) >= 11 is 5.74. The van der Waals surface area contributed by atoms with Gasteiger partial charge in [0.1, 0.15) is 11.5 Å². The molecular weight excluding hydrogens is 248 g/mol. The molecule has 2 heterocycles. The SMILES string of the molecule is CC(C)(C)c1ncn(CCc2ccc(Cl)nc2)n1. The van der Waals surface area contributed by atoms with E-state index in [0.717, 1.165) is 24.4 Å². The summed E-state index contributed by atoms with van der Waals surface area (Å²) in [5.74, 6) is 0.872. The molecule has 0 saturated heterocycles. The molecule has 0 saturated carbocycles. The third-order valence-corrected chi connectivity index (χ3v) is 2.85. The van der Waals surface area contributed by atoms with E-state index in [1.54, 1.807) is 18.6 Å². The largest absolute Gasteiger partial charge is 0.252 e. The summed E-state index contributed by atoms with van der Waals surface area (Å²) in [6.45, 7) is 7.12. The summed E-state index contributed by atoms with van der Waals surface area (Å²) < 4.78 is 1.87. The van der Waals surface area contributed by atoms with Crippen LogP contribution in [0.3, 0.4) is 0 Å². The van der Waals surface area contributed by atoms with Gasteiger partial charge in [0.05, 0.1) is 0 Å².